The van der Waals surface area contributed by atoms with Gasteiger partial charge in [0.25, 0.3) is 5.56 Å². The van der Waals surface area contributed by atoms with Gasteiger partial charge < -0.3 is 10.6 Å². The Hall–Kier alpha value is -2.05. The number of carbonyl (C=O) groups is 1. The number of nitrogen functional groups attached to an aromatic ring is 1. The Morgan fingerprint density at radius 2 is 1.75 bits per heavy atom. The van der Waals surface area contributed by atoms with Gasteiger partial charge in [0.05, 0.1) is 0 Å². The lowest BCUT2D eigenvalue weighted by molar-refractivity contribution is -0.127. The fraction of sp³-hybridized carbons (Fsp3) is 0.800. The lowest BCUT2D eigenvalue weighted by Gasteiger charge is -2.57. The second kappa shape index (κ2) is 9.06. The molecule has 0 atom stereocenters. The van der Waals surface area contributed by atoms with E-state index >= 15 is 0 Å². The number of nitrogens with one attached hydrogen (secondary N) is 1. The van der Waals surface area contributed by atoms with Gasteiger partial charge in [-0.1, -0.05) is 27.2 Å². The summed E-state index contributed by atoms with van der Waals surface area (Å²) < 4.78 is 1.42. The molecule has 4 aliphatic rings. The number of amides is 1. The molecule has 178 valence electrons. The Bertz CT molecular complexity index is 926. The van der Waals surface area contributed by atoms with Gasteiger partial charge in [0.15, 0.2) is 5.69 Å². The molecule has 7 heteroatoms. The summed E-state index contributed by atoms with van der Waals surface area (Å²) in [4.78, 5) is 43.1. The van der Waals surface area contributed by atoms with Gasteiger partial charge in [-0.2, -0.15) is 0 Å². The van der Waals surface area contributed by atoms with Crippen LogP contribution in [0.25, 0.3) is 0 Å². The van der Waals surface area contributed by atoms with E-state index in [1.807, 2.05) is 6.92 Å². The Kier molecular flexibility index (Phi) is 6.55. The first-order valence-electron chi connectivity index (χ1n) is 12.6. The van der Waals surface area contributed by atoms with Gasteiger partial charge in [-0.05, 0) is 80.5 Å². The monoisotopic (exact) mass is 444 g/mol. The highest BCUT2D eigenvalue weighted by Gasteiger charge is 2.52. The van der Waals surface area contributed by atoms with Crippen molar-refractivity contribution in [1.82, 2.24) is 9.55 Å². The lowest BCUT2D eigenvalue weighted by Crippen LogP contribution is -2.49. The van der Waals surface area contributed by atoms with Gasteiger partial charge in [0.1, 0.15) is 5.82 Å². The standard InChI is InChI=1S/C25H40N4O3/c1-4-5-7-29-22(26)21(23(31)27-24(29)32)28(8-6-16(2)3)20(30)15-25-12-17-9-18(13-25)11-19(10-17)14-25/h16-19H,4-15,26H2,1-3H3,(H,27,31,32). The summed E-state index contributed by atoms with van der Waals surface area (Å²) in [6.45, 7) is 7.14. The van der Waals surface area contributed by atoms with Crippen LogP contribution in [-0.2, 0) is 11.3 Å². The molecule has 0 saturated heterocycles. The molecule has 0 aliphatic heterocycles. The molecule has 1 aromatic rings. The number of H-pyrrole nitrogens is 1. The third kappa shape index (κ3) is 4.53. The molecular weight excluding hydrogens is 404 g/mol. The van der Waals surface area contributed by atoms with E-state index in [1.165, 1.54) is 23.8 Å². The summed E-state index contributed by atoms with van der Waals surface area (Å²) in [6.07, 6.45) is 10.4. The van der Waals surface area contributed by atoms with E-state index in [-0.39, 0.29) is 22.8 Å². The van der Waals surface area contributed by atoms with Crippen LogP contribution in [0.2, 0.25) is 0 Å². The number of carbonyl (C=O) groups excluding carboxylic acids is 1. The highest BCUT2D eigenvalue weighted by Crippen LogP contribution is 2.61. The normalized spacial score (nSPS) is 28.4. The fourth-order valence-corrected chi connectivity index (χ4v) is 7.05. The van der Waals surface area contributed by atoms with Crippen LogP contribution in [0.4, 0.5) is 11.5 Å². The predicted molar refractivity (Wildman–Crippen MR) is 128 cm³/mol. The van der Waals surface area contributed by atoms with Crippen molar-refractivity contribution in [3.05, 3.63) is 20.8 Å². The van der Waals surface area contributed by atoms with Crippen LogP contribution in [0.3, 0.4) is 0 Å². The second-order valence-electron chi connectivity index (χ2n) is 11.3. The van der Waals surface area contributed by atoms with E-state index in [9.17, 15) is 14.4 Å². The number of rotatable bonds is 9. The van der Waals surface area contributed by atoms with E-state index in [2.05, 4.69) is 18.8 Å². The van der Waals surface area contributed by atoms with Crippen LogP contribution in [0.15, 0.2) is 9.59 Å². The smallest absolute Gasteiger partial charge is 0.330 e. The average Bonchev–Trinajstić information content (AvgIpc) is 2.68. The van der Waals surface area contributed by atoms with E-state index in [0.29, 0.717) is 25.4 Å². The molecule has 0 radical (unpaired) electrons. The maximum atomic E-state index is 13.8. The van der Waals surface area contributed by atoms with E-state index in [0.717, 1.165) is 56.3 Å². The Balaban J connectivity index is 1.65. The zero-order valence-corrected chi connectivity index (χ0v) is 20.0. The second-order valence-corrected chi connectivity index (χ2v) is 11.3. The molecule has 0 unspecified atom stereocenters. The molecule has 0 spiro atoms. The summed E-state index contributed by atoms with van der Waals surface area (Å²) in [6, 6.07) is 0. The molecule has 1 aromatic heterocycles. The molecule has 0 aromatic carbocycles. The summed E-state index contributed by atoms with van der Waals surface area (Å²) in [7, 11) is 0. The maximum absolute atomic E-state index is 13.8. The van der Waals surface area contributed by atoms with Crippen LogP contribution >= 0.6 is 0 Å². The Morgan fingerprint density at radius 1 is 1.16 bits per heavy atom. The molecule has 1 heterocycles. The van der Waals surface area contributed by atoms with Crippen LogP contribution < -0.4 is 21.9 Å². The molecule has 3 N–H and O–H groups in total. The molecule has 32 heavy (non-hydrogen) atoms. The zero-order chi connectivity index (χ0) is 23.0. The van der Waals surface area contributed by atoms with Crippen molar-refractivity contribution in [3.63, 3.8) is 0 Å². The first-order valence-corrected chi connectivity index (χ1v) is 12.6. The SMILES string of the molecule is CCCCn1c(N)c(N(CCC(C)C)C(=O)CC23CC4CC(CC(C4)C2)C3)c(=O)[nH]c1=O. The first-order chi connectivity index (χ1) is 15.2. The van der Waals surface area contributed by atoms with Crippen molar-refractivity contribution >= 4 is 17.4 Å². The van der Waals surface area contributed by atoms with Crippen LogP contribution in [0.1, 0.15) is 85.0 Å². The minimum Gasteiger partial charge on any atom is -0.383 e. The van der Waals surface area contributed by atoms with E-state index in [1.54, 1.807) is 4.90 Å². The highest BCUT2D eigenvalue weighted by molar-refractivity contribution is 5.96. The number of hydrogen-bond donors (Lipinski definition) is 2. The van der Waals surface area contributed by atoms with Crippen molar-refractivity contribution in [2.45, 2.75) is 91.5 Å². The quantitative estimate of drug-likeness (QED) is 0.603. The Morgan fingerprint density at radius 3 is 2.28 bits per heavy atom. The highest BCUT2D eigenvalue weighted by atomic mass is 16.2. The largest absolute Gasteiger partial charge is 0.383 e. The molecular formula is C25H40N4O3. The number of hydrogen-bond acceptors (Lipinski definition) is 4. The van der Waals surface area contributed by atoms with Gasteiger partial charge in [-0.3, -0.25) is 19.1 Å². The summed E-state index contributed by atoms with van der Waals surface area (Å²) in [5.74, 6) is 2.80. The van der Waals surface area contributed by atoms with E-state index in [4.69, 9.17) is 5.73 Å². The van der Waals surface area contributed by atoms with Crippen molar-refractivity contribution in [1.29, 1.82) is 0 Å². The fourth-order valence-electron chi connectivity index (χ4n) is 7.05. The summed E-state index contributed by atoms with van der Waals surface area (Å²) in [5, 5.41) is 0. The van der Waals surface area contributed by atoms with Crippen LogP contribution in [0.5, 0.6) is 0 Å². The summed E-state index contributed by atoms with van der Waals surface area (Å²) >= 11 is 0. The number of unbranched alkanes of at least 4 members (excludes halogenated alkanes) is 1. The van der Waals surface area contributed by atoms with Gasteiger partial charge in [-0.25, -0.2) is 4.79 Å². The molecule has 4 fully saturated rings. The third-order valence-corrected chi connectivity index (χ3v) is 8.14. The number of nitrogens with zero attached hydrogens (tertiary/aromatic N) is 2. The molecule has 7 nitrogen and oxygen atoms in total. The minimum atomic E-state index is -0.553. The van der Waals surface area contributed by atoms with Gasteiger partial charge in [-0.15, -0.1) is 0 Å². The molecule has 4 bridgehead atoms. The number of aromatic nitrogens is 2. The van der Waals surface area contributed by atoms with Crippen LogP contribution in [0, 0.1) is 29.1 Å². The molecule has 4 aliphatic carbocycles. The van der Waals surface area contributed by atoms with E-state index < -0.39 is 11.2 Å². The maximum Gasteiger partial charge on any atom is 0.330 e. The van der Waals surface area contributed by atoms with Crippen molar-refractivity contribution in [2.24, 2.45) is 29.1 Å². The topological polar surface area (TPSA) is 101 Å². The first kappa shape index (κ1) is 23.1. The average molecular weight is 445 g/mol. The number of aromatic amines is 1. The Labute approximate surface area is 190 Å². The predicted octanol–water partition coefficient (Wildman–Crippen LogP) is 3.90. The molecule has 5 rings (SSSR count). The van der Waals surface area contributed by atoms with Crippen LogP contribution in [-0.4, -0.2) is 22.0 Å². The third-order valence-electron chi connectivity index (χ3n) is 8.14. The zero-order valence-electron chi connectivity index (χ0n) is 20.0. The van der Waals surface area contributed by atoms with Gasteiger partial charge >= 0.3 is 5.69 Å². The molecule has 1 amide bonds. The van der Waals surface area contributed by atoms with Crippen molar-refractivity contribution in [3.8, 4) is 0 Å². The van der Waals surface area contributed by atoms with Gasteiger partial charge in [0, 0.05) is 19.5 Å². The number of anilines is 2. The van der Waals surface area contributed by atoms with Gasteiger partial charge in [0.2, 0.25) is 5.91 Å². The lowest BCUT2D eigenvalue weighted by atomic mass is 9.49. The number of nitrogens with two attached hydrogens (primary N) is 1. The van der Waals surface area contributed by atoms with Crippen molar-refractivity contribution in [2.75, 3.05) is 17.2 Å². The van der Waals surface area contributed by atoms with Crippen molar-refractivity contribution < 1.29 is 4.79 Å². The molecule has 4 saturated carbocycles. The summed E-state index contributed by atoms with van der Waals surface area (Å²) in [5.41, 5.74) is 5.58. The minimum absolute atomic E-state index is 0.00881.